The van der Waals surface area contributed by atoms with Crippen molar-refractivity contribution in [2.24, 2.45) is 11.5 Å². The van der Waals surface area contributed by atoms with Gasteiger partial charge in [-0.1, -0.05) is 36.8 Å². The number of rotatable bonds is 8. The van der Waals surface area contributed by atoms with Crippen LogP contribution in [0.5, 0.6) is 0 Å². The van der Waals surface area contributed by atoms with Crippen LogP contribution in [0, 0.1) is 0 Å². The second-order valence-electron chi connectivity index (χ2n) is 5.94. The molecular formula is C17H26N4O3. The lowest BCUT2D eigenvalue weighted by Gasteiger charge is -2.33. The third-order valence-electron chi connectivity index (χ3n) is 4.06. The molecule has 1 heterocycles. The molecule has 0 aliphatic carbocycles. The van der Waals surface area contributed by atoms with Crippen molar-refractivity contribution in [2.75, 3.05) is 19.7 Å². The molecule has 7 nitrogen and oxygen atoms in total. The number of nitrogens with one attached hydrogen (secondary N) is 2. The minimum atomic E-state index is -0.551. The molecule has 24 heavy (non-hydrogen) atoms. The number of carbonyl (C=O) groups excluding carboxylic acids is 2. The predicted molar refractivity (Wildman–Crippen MR) is 91.0 cm³/mol. The Labute approximate surface area is 142 Å². The predicted octanol–water partition coefficient (Wildman–Crippen LogP) is -0.185. The number of unbranched alkanes of at least 4 members (excludes halogenated alkanes) is 1. The van der Waals surface area contributed by atoms with Crippen molar-refractivity contribution in [1.82, 2.24) is 10.6 Å². The van der Waals surface area contributed by atoms with Crippen molar-refractivity contribution < 1.29 is 14.3 Å². The molecule has 3 atom stereocenters. The average molecular weight is 334 g/mol. The number of benzene rings is 1. The van der Waals surface area contributed by atoms with Gasteiger partial charge in [-0.2, -0.15) is 0 Å². The second kappa shape index (κ2) is 9.36. The third kappa shape index (κ3) is 5.30. The minimum absolute atomic E-state index is 0.00752. The van der Waals surface area contributed by atoms with Gasteiger partial charge in [0.15, 0.2) is 0 Å². The van der Waals surface area contributed by atoms with Gasteiger partial charge >= 0.3 is 0 Å². The first-order chi connectivity index (χ1) is 11.6. The molecule has 0 radical (unpaired) electrons. The van der Waals surface area contributed by atoms with Gasteiger partial charge < -0.3 is 26.8 Å². The lowest BCUT2D eigenvalue weighted by atomic mass is 9.99. The van der Waals surface area contributed by atoms with E-state index in [1.165, 1.54) is 0 Å². The van der Waals surface area contributed by atoms with Crippen LogP contribution in [0.3, 0.4) is 0 Å². The van der Waals surface area contributed by atoms with E-state index >= 15 is 0 Å². The molecule has 1 aliphatic heterocycles. The van der Waals surface area contributed by atoms with Gasteiger partial charge in [-0.15, -0.1) is 0 Å². The molecule has 2 rings (SSSR count). The van der Waals surface area contributed by atoms with Crippen LogP contribution in [0.15, 0.2) is 30.3 Å². The van der Waals surface area contributed by atoms with Crippen LogP contribution >= 0.6 is 0 Å². The number of ether oxygens (including phenoxy) is 1. The Morgan fingerprint density at radius 1 is 1.33 bits per heavy atom. The van der Waals surface area contributed by atoms with E-state index in [-0.39, 0.29) is 30.6 Å². The summed E-state index contributed by atoms with van der Waals surface area (Å²) in [5, 5.41) is 5.74. The monoisotopic (exact) mass is 334 g/mol. The van der Waals surface area contributed by atoms with Crippen molar-refractivity contribution in [3.8, 4) is 0 Å². The summed E-state index contributed by atoms with van der Waals surface area (Å²) in [6.45, 7) is 0.887. The van der Waals surface area contributed by atoms with Gasteiger partial charge in [-0.05, 0) is 24.9 Å². The van der Waals surface area contributed by atoms with E-state index < -0.39 is 6.04 Å². The molecule has 1 aromatic rings. The summed E-state index contributed by atoms with van der Waals surface area (Å²) < 4.78 is 5.60. The van der Waals surface area contributed by atoms with Crippen molar-refractivity contribution >= 4 is 11.8 Å². The Bertz CT molecular complexity index is 538. The number of hydrogen-bond acceptors (Lipinski definition) is 5. The molecule has 2 amide bonds. The van der Waals surface area contributed by atoms with Crippen molar-refractivity contribution in [3.63, 3.8) is 0 Å². The molecule has 0 aromatic heterocycles. The summed E-state index contributed by atoms with van der Waals surface area (Å²) in [5.41, 5.74) is 12.3. The van der Waals surface area contributed by atoms with E-state index in [0.717, 1.165) is 18.4 Å². The molecule has 1 saturated heterocycles. The van der Waals surface area contributed by atoms with Gasteiger partial charge in [0.05, 0.1) is 18.2 Å². The summed E-state index contributed by atoms with van der Waals surface area (Å²) in [4.78, 5) is 23.7. The number of carbonyl (C=O) groups is 2. The van der Waals surface area contributed by atoms with Crippen LogP contribution in [-0.2, 0) is 14.3 Å². The summed E-state index contributed by atoms with van der Waals surface area (Å²) >= 11 is 0. The van der Waals surface area contributed by atoms with Crippen LogP contribution in [0.25, 0.3) is 0 Å². The first-order valence-corrected chi connectivity index (χ1v) is 8.31. The molecule has 132 valence electrons. The number of morpholine rings is 1. The minimum Gasteiger partial charge on any atom is -0.364 e. The van der Waals surface area contributed by atoms with Crippen LogP contribution in [0.1, 0.15) is 30.9 Å². The summed E-state index contributed by atoms with van der Waals surface area (Å²) in [6, 6.07) is 8.72. The fourth-order valence-electron chi connectivity index (χ4n) is 2.69. The van der Waals surface area contributed by atoms with E-state index in [1.807, 2.05) is 30.3 Å². The summed E-state index contributed by atoms with van der Waals surface area (Å²) in [5.74, 6) is -0.371. The molecule has 0 unspecified atom stereocenters. The standard InChI is InChI=1S/C17H26N4O3/c18-9-5-4-8-13(19)17(23)20-10-14-16(21-15(22)11-24-14)12-6-2-1-3-7-12/h1-3,6-7,13-14,16H,4-5,8-11,18-19H2,(H,20,23)(H,21,22)/t13-,14-,16+/m0/s1. The second-order valence-corrected chi connectivity index (χ2v) is 5.94. The quantitative estimate of drug-likeness (QED) is 0.492. The maximum Gasteiger partial charge on any atom is 0.246 e. The van der Waals surface area contributed by atoms with Gasteiger partial charge in [0.2, 0.25) is 11.8 Å². The Morgan fingerprint density at radius 3 is 2.79 bits per heavy atom. The third-order valence-corrected chi connectivity index (χ3v) is 4.06. The molecule has 1 fully saturated rings. The molecule has 0 bridgehead atoms. The maximum absolute atomic E-state index is 12.1. The normalized spacial score (nSPS) is 21.8. The highest BCUT2D eigenvalue weighted by Gasteiger charge is 2.31. The molecule has 1 aliphatic rings. The SMILES string of the molecule is NCCCC[C@H](N)C(=O)NC[C@@H]1OCC(=O)N[C@@H]1c1ccccc1. The van der Waals surface area contributed by atoms with Crippen LogP contribution in [0.2, 0.25) is 0 Å². The van der Waals surface area contributed by atoms with Crippen molar-refractivity contribution in [3.05, 3.63) is 35.9 Å². The van der Waals surface area contributed by atoms with E-state index in [4.69, 9.17) is 16.2 Å². The van der Waals surface area contributed by atoms with Crippen LogP contribution in [-0.4, -0.2) is 43.7 Å². The molecule has 7 heteroatoms. The Kier molecular flexibility index (Phi) is 7.17. The Hall–Kier alpha value is -1.96. The number of nitrogens with two attached hydrogens (primary N) is 2. The lowest BCUT2D eigenvalue weighted by molar-refractivity contribution is -0.137. The van der Waals surface area contributed by atoms with Crippen LogP contribution < -0.4 is 22.1 Å². The van der Waals surface area contributed by atoms with E-state index in [2.05, 4.69) is 10.6 Å². The van der Waals surface area contributed by atoms with Gasteiger partial charge in [0.1, 0.15) is 6.61 Å². The largest absolute Gasteiger partial charge is 0.364 e. The van der Waals surface area contributed by atoms with Gasteiger partial charge in [-0.25, -0.2) is 0 Å². The van der Waals surface area contributed by atoms with E-state index in [9.17, 15) is 9.59 Å². The molecule has 6 N–H and O–H groups in total. The lowest BCUT2D eigenvalue weighted by Crippen LogP contribution is -2.52. The highest BCUT2D eigenvalue weighted by Crippen LogP contribution is 2.21. The Morgan fingerprint density at radius 2 is 2.08 bits per heavy atom. The topological polar surface area (TPSA) is 119 Å². The smallest absolute Gasteiger partial charge is 0.246 e. The fraction of sp³-hybridized carbons (Fsp3) is 0.529. The zero-order chi connectivity index (χ0) is 17.4. The zero-order valence-corrected chi connectivity index (χ0v) is 13.7. The highest BCUT2D eigenvalue weighted by molar-refractivity contribution is 5.81. The first kappa shape index (κ1) is 18.4. The van der Waals surface area contributed by atoms with Gasteiger partial charge in [-0.3, -0.25) is 9.59 Å². The fourth-order valence-corrected chi connectivity index (χ4v) is 2.69. The Balaban J connectivity index is 1.89. The zero-order valence-electron chi connectivity index (χ0n) is 13.7. The van der Waals surface area contributed by atoms with Crippen LogP contribution in [0.4, 0.5) is 0 Å². The molecule has 1 aromatic carbocycles. The number of amides is 2. The maximum atomic E-state index is 12.1. The first-order valence-electron chi connectivity index (χ1n) is 8.31. The summed E-state index contributed by atoms with van der Waals surface area (Å²) in [6.07, 6.45) is 1.96. The van der Waals surface area contributed by atoms with E-state index in [1.54, 1.807) is 0 Å². The van der Waals surface area contributed by atoms with E-state index in [0.29, 0.717) is 19.5 Å². The van der Waals surface area contributed by atoms with Gasteiger partial charge in [0.25, 0.3) is 0 Å². The van der Waals surface area contributed by atoms with Crippen molar-refractivity contribution in [2.45, 2.75) is 37.5 Å². The highest BCUT2D eigenvalue weighted by atomic mass is 16.5. The number of hydrogen-bond donors (Lipinski definition) is 4. The molecule has 0 saturated carbocycles. The molecule has 0 spiro atoms. The van der Waals surface area contributed by atoms with Gasteiger partial charge in [0, 0.05) is 6.54 Å². The molecular weight excluding hydrogens is 308 g/mol. The summed E-state index contributed by atoms with van der Waals surface area (Å²) in [7, 11) is 0. The van der Waals surface area contributed by atoms with Crippen molar-refractivity contribution in [1.29, 1.82) is 0 Å². The average Bonchev–Trinajstić information content (AvgIpc) is 2.61.